The molecule has 3 atom stereocenters. The summed E-state index contributed by atoms with van der Waals surface area (Å²) in [6.07, 6.45) is 6.37. The molecule has 0 bridgehead atoms. The monoisotopic (exact) mass is 212 g/mol. The van der Waals surface area contributed by atoms with Gasteiger partial charge in [0.2, 0.25) is 0 Å². The Balaban J connectivity index is 2.47. The van der Waals surface area contributed by atoms with Crippen molar-refractivity contribution in [2.45, 2.75) is 71.0 Å². The zero-order valence-corrected chi connectivity index (χ0v) is 10.9. The van der Waals surface area contributed by atoms with Gasteiger partial charge in [0.15, 0.2) is 0 Å². The van der Waals surface area contributed by atoms with Gasteiger partial charge in [-0.05, 0) is 45.6 Å². The Morgan fingerprint density at radius 1 is 1.33 bits per heavy atom. The van der Waals surface area contributed by atoms with Gasteiger partial charge in [0.1, 0.15) is 0 Å². The highest BCUT2D eigenvalue weighted by Crippen LogP contribution is 2.35. The van der Waals surface area contributed by atoms with Crippen LogP contribution in [-0.4, -0.2) is 30.1 Å². The molecule has 2 N–H and O–H groups in total. The van der Waals surface area contributed by atoms with Gasteiger partial charge in [-0.3, -0.25) is 4.90 Å². The minimum atomic E-state index is 0.353. The molecule has 1 saturated carbocycles. The molecule has 2 nitrogen and oxygen atoms in total. The van der Waals surface area contributed by atoms with Crippen molar-refractivity contribution in [2.24, 2.45) is 11.7 Å². The number of hydrogen-bond donors (Lipinski definition) is 1. The van der Waals surface area contributed by atoms with Crippen LogP contribution in [0.2, 0.25) is 0 Å². The Labute approximate surface area is 95.2 Å². The molecule has 0 heterocycles. The first-order valence-electron chi connectivity index (χ1n) is 6.59. The summed E-state index contributed by atoms with van der Waals surface area (Å²) in [6.45, 7) is 6.84. The van der Waals surface area contributed by atoms with Gasteiger partial charge in [0.05, 0.1) is 0 Å². The van der Waals surface area contributed by atoms with Gasteiger partial charge in [-0.2, -0.15) is 0 Å². The first-order chi connectivity index (χ1) is 7.11. The molecular formula is C13H28N2. The standard InChI is InChI=1S/C13H28N2/c1-5-7-12(14)13(6-2)15(4)10(3)11-8-9-11/h10-13H,5-9,14H2,1-4H3. The van der Waals surface area contributed by atoms with Crippen molar-refractivity contribution < 1.29 is 0 Å². The molecule has 1 rings (SSSR count). The third-order valence-corrected chi connectivity index (χ3v) is 4.00. The molecule has 0 aromatic carbocycles. The van der Waals surface area contributed by atoms with Gasteiger partial charge in [-0.1, -0.05) is 20.3 Å². The van der Waals surface area contributed by atoms with Gasteiger partial charge < -0.3 is 5.73 Å². The number of nitrogens with two attached hydrogens (primary N) is 1. The third-order valence-electron chi connectivity index (χ3n) is 4.00. The Morgan fingerprint density at radius 3 is 2.33 bits per heavy atom. The fourth-order valence-electron chi connectivity index (χ4n) is 2.63. The number of hydrogen-bond acceptors (Lipinski definition) is 2. The van der Waals surface area contributed by atoms with Crippen molar-refractivity contribution in [1.82, 2.24) is 4.90 Å². The second-order valence-electron chi connectivity index (χ2n) is 5.17. The summed E-state index contributed by atoms with van der Waals surface area (Å²) in [5.41, 5.74) is 6.26. The predicted octanol–water partition coefficient (Wildman–Crippen LogP) is 2.62. The summed E-state index contributed by atoms with van der Waals surface area (Å²) < 4.78 is 0. The zero-order valence-electron chi connectivity index (χ0n) is 10.9. The summed E-state index contributed by atoms with van der Waals surface area (Å²) in [6, 6.07) is 1.64. The maximum Gasteiger partial charge on any atom is 0.0244 e. The van der Waals surface area contributed by atoms with Crippen molar-refractivity contribution in [3.05, 3.63) is 0 Å². The summed E-state index contributed by atoms with van der Waals surface area (Å²) in [7, 11) is 2.26. The van der Waals surface area contributed by atoms with Crippen LogP contribution in [0.3, 0.4) is 0 Å². The minimum Gasteiger partial charge on any atom is -0.326 e. The summed E-state index contributed by atoms with van der Waals surface area (Å²) in [4.78, 5) is 2.53. The Hall–Kier alpha value is -0.0800. The van der Waals surface area contributed by atoms with Crippen molar-refractivity contribution in [2.75, 3.05) is 7.05 Å². The molecule has 1 aliphatic rings. The quantitative estimate of drug-likeness (QED) is 0.703. The molecule has 0 amide bonds. The third kappa shape index (κ3) is 3.46. The molecule has 0 aromatic rings. The normalized spacial score (nSPS) is 22.8. The van der Waals surface area contributed by atoms with Gasteiger partial charge in [-0.25, -0.2) is 0 Å². The maximum absolute atomic E-state index is 6.26. The maximum atomic E-state index is 6.26. The van der Waals surface area contributed by atoms with Crippen LogP contribution in [0, 0.1) is 5.92 Å². The van der Waals surface area contributed by atoms with E-state index in [-0.39, 0.29) is 0 Å². The van der Waals surface area contributed by atoms with E-state index >= 15 is 0 Å². The second-order valence-corrected chi connectivity index (χ2v) is 5.17. The van der Waals surface area contributed by atoms with E-state index in [0.29, 0.717) is 12.1 Å². The number of nitrogens with zero attached hydrogens (tertiary/aromatic N) is 1. The van der Waals surface area contributed by atoms with E-state index < -0.39 is 0 Å². The second kappa shape index (κ2) is 5.86. The van der Waals surface area contributed by atoms with Gasteiger partial charge in [-0.15, -0.1) is 0 Å². The molecule has 0 aromatic heterocycles. The molecule has 1 aliphatic carbocycles. The van der Waals surface area contributed by atoms with E-state index in [2.05, 4.69) is 32.7 Å². The van der Waals surface area contributed by atoms with Crippen LogP contribution < -0.4 is 5.73 Å². The molecule has 90 valence electrons. The molecule has 2 heteroatoms. The lowest BCUT2D eigenvalue weighted by atomic mass is 9.98. The molecule has 0 spiro atoms. The summed E-state index contributed by atoms with van der Waals surface area (Å²) in [5.74, 6) is 0.942. The molecule has 0 saturated heterocycles. The van der Waals surface area contributed by atoms with Crippen molar-refractivity contribution in [3.63, 3.8) is 0 Å². The first-order valence-corrected chi connectivity index (χ1v) is 6.59. The highest BCUT2D eigenvalue weighted by atomic mass is 15.2. The molecule has 3 unspecified atom stereocenters. The first kappa shape index (κ1) is 13.0. The fraction of sp³-hybridized carbons (Fsp3) is 1.00. The molecule has 1 fully saturated rings. The van der Waals surface area contributed by atoms with Crippen LogP contribution in [0.15, 0.2) is 0 Å². The molecule has 0 aliphatic heterocycles. The number of likely N-dealkylation sites (N-methyl/N-ethyl adjacent to an activating group) is 1. The number of rotatable bonds is 7. The van der Waals surface area contributed by atoms with Crippen molar-refractivity contribution in [1.29, 1.82) is 0 Å². The molecule has 0 radical (unpaired) electrons. The smallest absolute Gasteiger partial charge is 0.0244 e. The van der Waals surface area contributed by atoms with Crippen LogP contribution in [-0.2, 0) is 0 Å². The van der Waals surface area contributed by atoms with Gasteiger partial charge >= 0.3 is 0 Å². The highest BCUT2D eigenvalue weighted by molar-refractivity contribution is 4.89. The summed E-state index contributed by atoms with van der Waals surface area (Å²) >= 11 is 0. The Bertz CT molecular complexity index is 177. The molecule has 15 heavy (non-hydrogen) atoms. The van der Waals surface area contributed by atoms with E-state index in [1.165, 1.54) is 25.7 Å². The van der Waals surface area contributed by atoms with Crippen molar-refractivity contribution in [3.8, 4) is 0 Å². The SMILES string of the molecule is CCCC(N)C(CC)N(C)C(C)C1CC1. The van der Waals surface area contributed by atoms with Crippen LogP contribution >= 0.6 is 0 Å². The van der Waals surface area contributed by atoms with Gasteiger partial charge in [0, 0.05) is 18.1 Å². The van der Waals surface area contributed by atoms with Crippen LogP contribution in [0.5, 0.6) is 0 Å². The van der Waals surface area contributed by atoms with Crippen LogP contribution in [0.25, 0.3) is 0 Å². The van der Waals surface area contributed by atoms with Gasteiger partial charge in [0.25, 0.3) is 0 Å². The lowest BCUT2D eigenvalue weighted by molar-refractivity contribution is 0.137. The lowest BCUT2D eigenvalue weighted by Crippen LogP contribution is -2.49. The average molecular weight is 212 g/mol. The Kier molecular flexibility index (Phi) is 5.07. The largest absolute Gasteiger partial charge is 0.326 e. The topological polar surface area (TPSA) is 29.3 Å². The minimum absolute atomic E-state index is 0.353. The fourth-order valence-corrected chi connectivity index (χ4v) is 2.63. The van der Waals surface area contributed by atoms with E-state index in [9.17, 15) is 0 Å². The van der Waals surface area contributed by atoms with E-state index in [1.54, 1.807) is 0 Å². The zero-order chi connectivity index (χ0) is 11.4. The van der Waals surface area contributed by atoms with Crippen LogP contribution in [0.4, 0.5) is 0 Å². The van der Waals surface area contributed by atoms with E-state index in [1.807, 2.05) is 0 Å². The predicted molar refractivity (Wildman–Crippen MR) is 66.9 cm³/mol. The average Bonchev–Trinajstić information content (AvgIpc) is 3.01. The molecular weight excluding hydrogens is 184 g/mol. The van der Waals surface area contributed by atoms with Crippen molar-refractivity contribution >= 4 is 0 Å². The van der Waals surface area contributed by atoms with E-state index in [0.717, 1.165) is 18.4 Å². The van der Waals surface area contributed by atoms with E-state index in [4.69, 9.17) is 5.73 Å². The highest BCUT2D eigenvalue weighted by Gasteiger charge is 2.34. The lowest BCUT2D eigenvalue weighted by Gasteiger charge is -2.36. The Morgan fingerprint density at radius 2 is 1.93 bits per heavy atom. The summed E-state index contributed by atoms with van der Waals surface area (Å²) in [5, 5.41) is 0. The van der Waals surface area contributed by atoms with Crippen LogP contribution in [0.1, 0.15) is 52.9 Å².